The van der Waals surface area contributed by atoms with Crippen LogP contribution < -0.4 is 10.6 Å². The van der Waals surface area contributed by atoms with E-state index in [1.807, 2.05) is 6.07 Å². The molecule has 1 aliphatic rings. The first-order valence-corrected chi connectivity index (χ1v) is 12.1. The third kappa shape index (κ3) is 4.52. The second kappa shape index (κ2) is 9.94. The Labute approximate surface area is 220 Å². The fourth-order valence-electron chi connectivity index (χ4n) is 5.30. The second-order valence-electron chi connectivity index (χ2n) is 9.19. The number of hydrogen-bond donors (Lipinski definition) is 0. The normalized spacial score (nSPS) is 15.5. The third-order valence-electron chi connectivity index (χ3n) is 6.99. The van der Waals surface area contributed by atoms with Crippen molar-refractivity contribution in [3.63, 3.8) is 0 Å². The number of rotatable bonds is 5. The molecule has 0 radical (unpaired) electrons. The van der Waals surface area contributed by atoms with Crippen LogP contribution in [0.3, 0.4) is 0 Å². The molecule has 0 saturated carbocycles. The Morgan fingerprint density at radius 3 is 2.56 bits per heavy atom. The van der Waals surface area contributed by atoms with Crippen molar-refractivity contribution in [3.8, 4) is 6.07 Å². The Bertz CT molecular complexity index is 1680. The Kier molecular flexibility index (Phi) is 6.64. The van der Waals surface area contributed by atoms with Gasteiger partial charge < -0.3 is 9.64 Å². The van der Waals surface area contributed by atoms with Gasteiger partial charge in [-0.2, -0.15) is 18.4 Å². The summed E-state index contributed by atoms with van der Waals surface area (Å²) >= 11 is 0. The molecule has 2 heterocycles. The number of nitrogens with zero attached hydrogens (tertiary/aromatic N) is 4. The maximum atomic E-state index is 14.7. The van der Waals surface area contributed by atoms with Crippen LogP contribution in [0.5, 0.6) is 0 Å². The number of anilines is 1. The molecule has 0 N–H and O–H groups in total. The molecular formula is C28H22F4N4O3. The first-order valence-electron chi connectivity index (χ1n) is 12.1. The minimum Gasteiger partial charge on any atom is -0.465 e. The molecule has 0 unspecified atom stereocenters. The van der Waals surface area contributed by atoms with E-state index in [0.717, 1.165) is 10.6 Å². The summed E-state index contributed by atoms with van der Waals surface area (Å²) in [5, 5.41) is 9.47. The number of methoxy groups -OCH3 is 1. The molecule has 1 fully saturated rings. The molecule has 200 valence electrons. The zero-order valence-electron chi connectivity index (χ0n) is 20.7. The van der Waals surface area contributed by atoms with Gasteiger partial charge in [0.05, 0.1) is 53.1 Å². The molecule has 4 aromatic rings. The smallest absolute Gasteiger partial charge is 0.416 e. The zero-order chi connectivity index (χ0) is 27.9. The van der Waals surface area contributed by atoms with Crippen LogP contribution >= 0.6 is 0 Å². The Balaban J connectivity index is 1.66. The summed E-state index contributed by atoms with van der Waals surface area (Å²) in [6.07, 6.45) is -4.24. The molecule has 1 saturated heterocycles. The highest BCUT2D eigenvalue weighted by molar-refractivity contribution is 6.02. The fraction of sp³-hybridized carbons (Fsp3) is 0.250. The molecule has 7 nitrogen and oxygen atoms in total. The molecule has 0 amide bonds. The summed E-state index contributed by atoms with van der Waals surface area (Å²) in [5.41, 5.74) is -0.824. The van der Waals surface area contributed by atoms with Gasteiger partial charge in [0, 0.05) is 13.1 Å². The Morgan fingerprint density at radius 2 is 1.85 bits per heavy atom. The summed E-state index contributed by atoms with van der Waals surface area (Å²) < 4.78 is 63.4. The number of halogens is 4. The van der Waals surface area contributed by atoms with Gasteiger partial charge in [-0.1, -0.05) is 30.3 Å². The molecule has 39 heavy (non-hydrogen) atoms. The predicted molar refractivity (Wildman–Crippen MR) is 135 cm³/mol. The Morgan fingerprint density at radius 1 is 1.10 bits per heavy atom. The number of ether oxygens (including phenoxy) is 1. The van der Waals surface area contributed by atoms with Gasteiger partial charge in [0.15, 0.2) is 0 Å². The molecule has 0 aliphatic carbocycles. The van der Waals surface area contributed by atoms with Gasteiger partial charge in [0.25, 0.3) is 0 Å². The first-order chi connectivity index (χ1) is 18.7. The molecule has 0 spiro atoms. The van der Waals surface area contributed by atoms with Gasteiger partial charge in [0.1, 0.15) is 11.9 Å². The summed E-state index contributed by atoms with van der Waals surface area (Å²) in [4.78, 5) is 28.2. The van der Waals surface area contributed by atoms with E-state index in [2.05, 4.69) is 0 Å². The number of carbonyl (C=O) groups excluding carboxylic acids is 1. The van der Waals surface area contributed by atoms with Crippen molar-refractivity contribution in [1.29, 1.82) is 5.26 Å². The van der Waals surface area contributed by atoms with E-state index in [4.69, 9.17) is 4.74 Å². The van der Waals surface area contributed by atoms with Gasteiger partial charge in [-0.05, 0) is 42.3 Å². The van der Waals surface area contributed by atoms with Crippen molar-refractivity contribution >= 4 is 22.7 Å². The highest BCUT2D eigenvalue weighted by Crippen LogP contribution is 2.35. The lowest BCUT2D eigenvalue weighted by molar-refractivity contribution is -0.138. The monoisotopic (exact) mass is 538 g/mol. The van der Waals surface area contributed by atoms with E-state index in [0.29, 0.717) is 18.5 Å². The summed E-state index contributed by atoms with van der Waals surface area (Å²) in [6.45, 7) is 0.0809. The number of nitriles is 1. The van der Waals surface area contributed by atoms with Gasteiger partial charge in [-0.25, -0.2) is 14.0 Å². The number of para-hydroxylation sites is 2. The maximum Gasteiger partial charge on any atom is 0.416 e. The van der Waals surface area contributed by atoms with Crippen molar-refractivity contribution in [1.82, 2.24) is 9.13 Å². The molecular weight excluding hydrogens is 516 g/mol. The zero-order valence-corrected chi connectivity index (χ0v) is 20.7. The first kappa shape index (κ1) is 26.0. The number of fused-ring (bicyclic) bond motifs is 1. The third-order valence-corrected chi connectivity index (χ3v) is 6.99. The van der Waals surface area contributed by atoms with Crippen molar-refractivity contribution in [2.75, 3.05) is 25.1 Å². The highest BCUT2D eigenvalue weighted by atomic mass is 19.4. The largest absolute Gasteiger partial charge is 0.465 e. The molecule has 3 aromatic carbocycles. The number of imidazole rings is 1. The fourth-order valence-corrected chi connectivity index (χ4v) is 5.30. The van der Waals surface area contributed by atoms with E-state index in [-0.39, 0.29) is 34.4 Å². The van der Waals surface area contributed by atoms with Crippen LogP contribution in [-0.2, 0) is 17.5 Å². The van der Waals surface area contributed by atoms with E-state index in [9.17, 15) is 32.4 Å². The van der Waals surface area contributed by atoms with E-state index < -0.39 is 41.8 Å². The number of benzene rings is 3. The van der Waals surface area contributed by atoms with Gasteiger partial charge >= 0.3 is 17.8 Å². The number of alkyl halides is 3. The van der Waals surface area contributed by atoms with Crippen LogP contribution in [0.25, 0.3) is 11.0 Å². The minimum atomic E-state index is -4.64. The molecule has 0 bridgehead atoms. The minimum absolute atomic E-state index is 0.0334. The van der Waals surface area contributed by atoms with Crippen LogP contribution in [-0.4, -0.2) is 35.3 Å². The molecule has 1 aliphatic heterocycles. The van der Waals surface area contributed by atoms with Crippen LogP contribution in [0, 0.1) is 17.1 Å². The van der Waals surface area contributed by atoms with Gasteiger partial charge in [-0.15, -0.1) is 0 Å². The predicted octanol–water partition coefficient (Wildman–Crippen LogP) is 5.12. The molecule has 5 rings (SSSR count). The number of carbonyl (C=O) groups is 1. The maximum absolute atomic E-state index is 14.7. The molecule has 11 heteroatoms. The number of aromatic nitrogens is 2. The summed E-state index contributed by atoms with van der Waals surface area (Å²) in [7, 11) is 1.18. The molecule has 1 aromatic heterocycles. The highest BCUT2D eigenvalue weighted by Gasteiger charge is 2.35. The van der Waals surface area contributed by atoms with Crippen LogP contribution in [0.15, 0.2) is 65.5 Å². The Hall–Kier alpha value is -4.59. The summed E-state index contributed by atoms with van der Waals surface area (Å²) in [5.74, 6) is -1.31. The topological polar surface area (TPSA) is 80.3 Å². The van der Waals surface area contributed by atoms with Gasteiger partial charge in [-0.3, -0.25) is 9.13 Å². The SMILES string of the molecule is COC(=O)c1cccc2c1n(Cc1ccccc1C(F)(F)F)c(=O)n2[C@@H]1CCN(c2c(F)cccc2C#N)C1. The van der Waals surface area contributed by atoms with Crippen LogP contribution in [0.2, 0.25) is 0 Å². The van der Waals surface area contributed by atoms with Gasteiger partial charge in [0.2, 0.25) is 0 Å². The van der Waals surface area contributed by atoms with Crippen molar-refractivity contribution < 1.29 is 27.1 Å². The van der Waals surface area contributed by atoms with E-state index in [1.165, 1.54) is 54.1 Å². The van der Waals surface area contributed by atoms with E-state index >= 15 is 0 Å². The van der Waals surface area contributed by atoms with E-state index in [1.54, 1.807) is 17.0 Å². The van der Waals surface area contributed by atoms with Crippen LogP contribution in [0.1, 0.15) is 39.5 Å². The average Bonchev–Trinajstić information content (AvgIpc) is 3.50. The van der Waals surface area contributed by atoms with Crippen LogP contribution in [0.4, 0.5) is 23.2 Å². The lowest BCUT2D eigenvalue weighted by atomic mass is 10.1. The second-order valence-corrected chi connectivity index (χ2v) is 9.19. The average molecular weight is 539 g/mol. The lowest BCUT2D eigenvalue weighted by Gasteiger charge is -2.21. The van der Waals surface area contributed by atoms with Crippen molar-refractivity contribution in [2.45, 2.75) is 25.2 Å². The van der Waals surface area contributed by atoms with Crippen molar-refractivity contribution in [2.24, 2.45) is 0 Å². The number of esters is 1. The molecule has 1 atom stereocenters. The quantitative estimate of drug-likeness (QED) is 0.260. The standard InChI is InChI=1S/C28H22F4N4O3/c1-39-26(37)20-8-5-11-23-25(20)35(15-18-6-2-3-9-21(18)28(30,31)32)27(38)36(23)19-12-13-34(16-19)24-17(14-33)7-4-10-22(24)29/h2-11,19H,12-13,15-16H2,1H3/t19-/m1/s1. The number of hydrogen-bond acceptors (Lipinski definition) is 5. The summed E-state index contributed by atoms with van der Waals surface area (Å²) in [6, 6.07) is 15.3. The van der Waals surface area contributed by atoms with Crippen molar-refractivity contribution in [3.05, 3.63) is 99.2 Å². The lowest BCUT2D eigenvalue weighted by Crippen LogP contribution is -2.30.